The van der Waals surface area contributed by atoms with Gasteiger partial charge in [0.15, 0.2) is 0 Å². The van der Waals surface area contributed by atoms with Crippen molar-refractivity contribution in [3.8, 4) is 0 Å². The lowest BCUT2D eigenvalue weighted by atomic mass is 9.97. The van der Waals surface area contributed by atoms with Gasteiger partial charge in [-0.15, -0.1) is 0 Å². The van der Waals surface area contributed by atoms with Crippen LogP contribution in [0.15, 0.2) is 66.5 Å². The Kier molecular flexibility index (Phi) is 4.15. The van der Waals surface area contributed by atoms with Crippen molar-refractivity contribution in [2.45, 2.75) is 26.8 Å². The molecule has 4 rings (SSSR count). The molecule has 26 heavy (non-hydrogen) atoms. The van der Waals surface area contributed by atoms with Gasteiger partial charge in [0.1, 0.15) is 0 Å². The van der Waals surface area contributed by atoms with E-state index in [1.807, 2.05) is 12.1 Å². The van der Waals surface area contributed by atoms with E-state index in [2.05, 4.69) is 79.9 Å². The standard InChI is InChI=1S/C23H25N3/c1-16(2)12-23-22-15-26(14-21(22)17(3)25(4)24-23)13-19-10-7-9-18-8-5-6-11-20(18)19/h5-11,14-16H,3,12-13H2,1-2,4H3. The zero-order valence-corrected chi connectivity index (χ0v) is 15.7. The molecule has 3 nitrogen and oxygen atoms in total. The molecule has 0 radical (unpaired) electrons. The molecular weight excluding hydrogens is 318 g/mol. The summed E-state index contributed by atoms with van der Waals surface area (Å²) in [4.78, 5) is 0. The maximum absolute atomic E-state index is 4.75. The third-order valence-electron chi connectivity index (χ3n) is 5.00. The number of fused-ring (bicyclic) bond motifs is 2. The van der Waals surface area contributed by atoms with Crippen molar-refractivity contribution in [2.24, 2.45) is 11.0 Å². The van der Waals surface area contributed by atoms with Crippen LogP contribution in [0.25, 0.3) is 16.5 Å². The van der Waals surface area contributed by atoms with E-state index in [0.717, 1.165) is 24.4 Å². The van der Waals surface area contributed by atoms with E-state index >= 15 is 0 Å². The molecule has 3 heteroatoms. The van der Waals surface area contributed by atoms with Gasteiger partial charge in [-0.3, -0.25) is 5.01 Å². The van der Waals surface area contributed by atoms with Crippen molar-refractivity contribution >= 4 is 22.2 Å². The minimum Gasteiger partial charge on any atom is -0.348 e. The summed E-state index contributed by atoms with van der Waals surface area (Å²) in [7, 11) is 1.98. The average Bonchev–Trinajstić information content (AvgIpc) is 3.04. The molecule has 1 aliphatic heterocycles. The molecule has 0 amide bonds. The predicted molar refractivity (Wildman–Crippen MR) is 110 cm³/mol. The average molecular weight is 343 g/mol. The van der Waals surface area contributed by atoms with Gasteiger partial charge in [-0.1, -0.05) is 62.9 Å². The molecule has 0 saturated heterocycles. The topological polar surface area (TPSA) is 20.5 Å². The molecule has 1 aromatic heterocycles. The van der Waals surface area contributed by atoms with E-state index in [1.165, 1.54) is 27.5 Å². The molecule has 3 aromatic rings. The highest BCUT2D eigenvalue weighted by molar-refractivity contribution is 6.06. The first-order chi connectivity index (χ1) is 12.5. The lowest BCUT2D eigenvalue weighted by Crippen LogP contribution is -2.21. The molecule has 0 fully saturated rings. The van der Waals surface area contributed by atoms with Crippen molar-refractivity contribution in [3.05, 3.63) is 78.1 Å². The Hall–Kier alpha value is -2.81. The van der Waals surface area contributed by atoms with Gasteiger partial charge in [0.25, 0.3) is 0 Å². The van der Waals surface area contributed by atoms with Gasteiger partial charge < -0.3 is 4.57 Å². The second-order valence-electron chi connectivity index (χ2n) is 7.51. The van der Waals surface area contributed by atoms with Gasteiger partial charge >= 0.3 is 0 Å². The Morgan fingerprint density at radius 2 is 1.73 bits per heavy atom. The summed E-state index contributed by atoms with van der Waals surface area (Å²) in [6, 6.07) is 15.1. The van der Waals surface area contributed by atoms with Gasteiger partial charge in [-0.25, -0.2) is 0 Å². The SMILES string of the molecule is C=C1c2cn(Cc3cccc4ccccc34)cc2C(CC(C)C)=NN1C. The molecule has 132 valence electrons. The molecule has 2 heterocycles. The zero-order valence-electron chi connectivity index (χ0n) is 15.7. The van der Waals surface area contributed by atoms with Crippen molar-refractivity contribution < 1.29 is 0 Å². The number of hydrogen-bond acceptors (Lipinski definition) is 2. The van der Waals surface area contributed by atoms with E-state index < -0.39 is 0 Å². The van der Waals surface area contributed by atoms with Crippen molar-refractivity contribution in [1.82, 2.24) is 9.58 Å². The number of hydrazone groups is 1. The van der Waals surface area contributed by atoms with Gasteiger partial charge in [0, 0.05) is 37.1 Å². The second kappa shape index (κ2) is 6.49. The van der Waals surface area contributed by atoms with Crippen LogP contribution in [0, 0.1) is 5.92 Å². The molecule has 0 saturated carbocycles. The number of nitrogens with zero attached hydrogens (tertiary/aromatic N) is 3. The summed E-state index contributed by atoms with van der Waals surface area (Å²) in [6.07, 6.45) is 5.42. The fraction of sp³-hybridized carbons (Fsp3) is 0.261. The monoisotopic (exact) mass is 343 g/mol. The molecule has 2 aromatic carbocycles. The molecule has 0 bridgehead atoms. The molecule has 0 spiro atoms. The lowest BCUT2D eigenvalue weighted by molar-refractivity contribution is 0.506. The first kappa shape index (κ1) is 16.6. The van der Waals surface area contributed by atoms with Crippen molar-refractivity contribution in [2.75, 3.05) is 7.05 Å². The summed E-state index contributed by atoms with van der Waals surface area (Å²) >= 11 is 0. The third-order valence-corrected chi connectivity index (χ3v) is 5.00. The number of aromatic nitrogens is 1. The maximum atomic E-state index is 4.75. The summed E-state index contributed by atoms with van der Waals surface area (Å²) in [5, 5.41) is 9.26. The van der Waals surface area contributed by atoms with Crippen LogP contribution in [-0.4, -0.2) is 22.3 Å². The Labute approximate surface area is 155 Å². The molecular formula is C23H25N3. The predicted octanol–water partition coefficient (Wildman–Crippen LogP) is 5.36. The van der Waals surface area contributed by atoms with Crippen molar-refractivity contribution in [1.29, 1.82) is 0 Å². The van der Waals surface area contributed by atoms with Crippen LogP contribution >= 0.6 is 0 Å². The van der Waals surface area contributed by atoms with Crippen LogP contribution in [-0.2, 0) is 6.54 Å². The van der Waals surface area contributed by atoms with E-state index in [9.17, 15) is 0 Å². The smallest absolute Gasteiger partial charge is 0.0706 e. The van der Waals surface area contributed by atoms with Crippen LogP contribution in [0.2, 0.25) is 0 Å². The highest BCUT2D eigenvalue weighted by Gasteiger charge is 2.23. The van der Waals surface area contributed by atoms with Crippen LogP contribution < -0.4 is 0 Å². The van der Waals surface area contributed by atoms with Crippen LogP contribution in [0.3, 0.4) is 0 Å². The van der Waals surface area contributed by atoms with Gasteiger partial charge in [-0.05, 0) is 28.7 Å². The molecule has 0 unspecified atom stereocenters. The fourth-order valence-corrected chi connectivity index (χ4v) is 3.69. The Morgan fingerprint density at radius 1 is 1.00 bits per heavy atom. The first-order valence-electron chi connectivity index (χ1n) is 9.20. The summed E-state index contributed by atoms with van der Waals surface area (Å²) < 4.78 is 2.27. The van der Waals surface area contributed by atoms with E-state index in [-0.39, 0.29) is 0 Å². The zero-order chi connectivity index (χ0) is 18.3. The Balaban J connectivity index is 1.73. The van der Waals surface area contributed by atoms with E-state index in [0.29, 0.717) is 5.92 Å². The molecule has 0 aliphatic carbocycles. The number of benzene rings is 2. The Bertz CT molecular complexity index is 1000. The van der Waals surface area contributed by atoms with E-state index in [1.54, 1.807) is 0 Å². The van der Waals surface area contributed by atoms with Gasteiger partial charge in [-0.2, -0.15) is 5.10 Å². The summed E-state index contributed by atoms with van der Waals surface area (Å²) in [6.45, 7) is 9.54. The van der Waals surface area contributed by atoms with Crippen LogP contribution in [0.1, 0.15) is 37.0 Å². The summed E-state index contributed by atoms with van der Waals surface area (Å²) in [5.74, 6) is 0.572. The fourth-order valence-electron chi connectivity index (χ4n) is 3.69. The van der Waals surface area contributed by atoms with E-state index in [4.69, 9.17) is 5.10 Å². The first-order valence-corrected chi connectivity index (χ1v) is 9.20. The summed E-state index contributed by atoms with van der Waals surface area (Å²) in [5.41, 5.74) is 5.86. The van der Waals surface area contributed by atoms with Crippen LogP contribution in [0.5, 0.6) is 0 Å². The lowest BCUT2D eigenvalue weighted by Gasteiger charge is -2.24. The molecule has 0 atom stereocenters. The minimum absolute atomic E-state index is 0.572. The largest absolute Gasteiger partial charge is 0.348 e. The van der Waals surface area contributed by atoms with Gasteiger partial charge in [0.05, 0.1) is 11.4 Å². The molecule has 1 aliphatic rings. The van der Waals surface area contributed by atoms with Crippen molar-refractivity contribution in [3.63, 3.8) is 0 Å². The number of rotatable bonds is 4. The third kappa shape index (κ3) is 2.94. The molecule has 0 N–H and O–H groups in total. The van der Waals surface area contributed by atoms with Crippen LogP contribution in [0.4, 0.5) is 0 Å². The van der Waals surface area contributed by atoms with Gasteiger partial charge in [0.2, 0.25) is 0 Å². The minimum atomic E-state index is 0.572. The highest BCUT2D eigenvalue weighted by Crippen LogP contribution is 2.30. The number of hydrogen-bond donors (Lipinski definition) is 0. The maximum Gasteiger partial charge on any atom is 0.0706 e. The highest BCUT2D eigenvalue weighted by atomic mass is 15.4. The Morgan fingerprint density at radius 3 is 2.54 bits per heavy atom. The normalized spacial score (nSPS) is 14.1. The quantitative estimate of drug-likeness (QED) is 0.625. The second-order valence-corrected chi connectivity index (χ2v) is 7.51.